The summed E-state index contributed by atoms with van der Waals surface area (Å²) >= 11 is 0. The van der Waals surface area contributed by atoms with Crippen LogP contribution in [0.1, 0.15) is 71.6 Å². The van der Waals surface area contributed by atoms with Crippen molar-refractivity contribution in [2.45, 2.75) is 77.7 Å². The maximum Gasteiger partial charge on any atom is 0.308 e. The van der Waals surface area contributed by atoms with Gasteiger partial charge in [-0.1, -0.05) is 46.0 Å². The van der Waals surface area contributed by atoms with Gasteiger partial charge >= 0.3 is 5.97 Å². The topological polar surface area (TPSA) is 57.6 Å². The predicted octanol–water partition coefficient (Wildman–Crippen LogP) is 3.45. The van der Waals surface area contributed by atoms with Gasteiger partial charge in [0.15, 0.2) is 0 Å². The third-order valence-electron chi connectivity index (χ3n) is 4.22. The van der Waals surface area contributed by atoms with Gasteiger partial charge in [0.1, 0.15) is 0 Å². The maximum atomic E-state index is 12.4. The molecule has 0 radical (unpaired) electrons. The number of carbonyl (C=O) groups excluding carboxylic acids is 1. The zero-order valence-corrected chi connectivity index (χ0v) is 12.9. The van der Waals surface area contributed by atoms with Crippen LogP contribution in [0.4, 0.5) is 0 Å². The average Bonchev–Trinajstić information content (AvgIpc) is 2.70. The average molecular weight is 283 g/mol. The Hall–Kier alpha value is -1.06. The molecule has 0 aromatic rings. The summed E-state index contributed by atoms with van der Waals surface area (Å²) in [6.07, 6.45) is 9.30. The molecule has 1 saturated carbocycles. The van der Waals surface area contributed by atoms with E-state index >= 15 is 0 Å². The summed E-state index contributed by atoms with van der Waals surface area (Å²) in [5.74, 6) is -1.15. The van der Waals surface area contributed by atoms with Crippen LogP contribution in [0, 0.1) is 5.92 Å². The molecule has 1 aliphatic carbocycles. The van der Waals surface area contributed by atoms with Gasteiger partial charge in [0.25, 0.3) is 0 Å². The minimum absolute atomic E-state index is 0.145. The highest BCUT2D eigenvalue weighted by atomic mass is 16.4. The van der Waals surface area contributed by atoms with Gasteiger partial charge in [0, 0.05) is 19.0 Å². The number of hydrogen-bond donors (Lipinski definition) is 1. The van der Waals surface area contributed by atoms with E-state index in [2.05, 4.69) is 6.92 Å². The third-order valence-corrected chi connectivity index (χ3v) is 4.22. The van der Waals surface area contributed by atoms with Crippen molar-refractivity contribution in [2.24, 2.45) is 5.92 Å². The predicted molar refractivity (Wildman–Crippen MR) is 79.5 cm³/mol. The molecule has 4 heteroatoms. The van der Waals surface area contributed by atoms with E-state index in [1.165, 1.54) is 12.8 Å². The molecular weight excluding hydrogens is 254 g/mol. The quantitative estimate of drug-likeness (QED) is 0.728. The summed E-state index contributed by atoms with van der Waals surface area (Å²) < 4.78 is 0. The van der Waals surface area contributed by atoms with E-state index in [4.69, 9.17) is 5.11 Å². The third kappa shape index (κ3) is 5.51. The summed E-state index contributed by atoms with van der Waals surface area (Å²) in [4.78, 5) is 25.4. The number of hydrogen-bond acceptors (Lipinski definition) is 2. The Morgan fingerprint density at radius 3 is 2.30 bits per heavy atom. The van der Waals surface area contributed by atoms with Gasteiger partial charge in [0.05, 0.1) is 5.92 Å². The second kappa shape index (κ2) is 8.98. The van der Waals surface area contributed by atoms with Crippen LogP contribution in [-0.4, -0.2) is 34.5 Å². The molecule has 0 bridgehead atoms. The molecule has 1 fully saturated rings. The smallest absolute Gasteiger partial charge is 0.308 e. The Morgan fingerprint density at radius 1 is 1.20 bits per heavy atom. The fourth-order valence-corrected chi connectivity index (χ4v) is 2.87. The first-order chi connectivity index (χ1) is 9.56. The first-order valence-electron chi connectivity index (χ1n) is 8.08. The number of carbonyl (C=O) groups is 2. The van der Waals surface area contributed by atoms with Crippen LogP contribution in [0.3, 0.4) is 0 Å². The van der Waals surface area contributed by atoms with E-state index in [1.54, 1.807) is 6.92 Å². The largest absolute Gasteiger partial charge is 0.481 e. The molecule has 0 aromatic heterocycles. The molecule has 1 aliphatic rings. The second-order valence-corrected chi connectivity index (χ2v) is 6.03. The summed E-state index contributed by atoms with van der Waals surface area (Å²) in [5.41, 5.74) is 0. The van der Waals surface area contributed by atoms with Crippen LogP contribution >= 0.6 is 0 Å². The van der Waals surface area contributed by atoms with Crippen LogP contribution < -0.4 is 0 Å². The van der Waals surface area contributed by atoms with Crippen molar-refractivity contribution in [3.63, 3.8) is 0 Å². The number of rotatable bonds is 7. The van der Waals surface area contributed by atoms with E-state index in [9.17, 15) is 9.59 Å². The van der Waals surface area contributed by atoms with Crippen molar-refractivity contribution in [3.8, 4) is 0 Å². The Bertz CT molecular complexity index is 309. The first-order valence-corrected chi connectivity index (χ1v) is 8.08. The van der Waals surface area contributed by atoms with Crippen molar-refractivity contribution in [1.82, 2.24) is 4.90 Å². The highest BCUT2D eigenvalue weighted by molar-refractivity contribution is 5.77. The molecule has 1 unspecified atom stereocenters. The van der Waals surface area contributed by atoms with Gasteiger partial charge in [-0.15, -0.1) is 0 Å². The highest BCUT2D eigenvalue weighted by Crippen LogP contribution is 2.23. The number of aliphatic carboxylic acids is 1. The van der Waals surface area contributed by atoms with Crippen molar-refractivity contribution in [3.05, 3.63) is 0 Å². The van der Waals surface area contributed by atoms with E-state index < -0.39 is 11.9 Å². The minimum Gasteiger partial charge on any atom is -0.481 e. The monoisotopic (exact) mass is 283 g/mol. The van der Waals surface area contributed by atoms with Crippen LogP contribution in [0.2, 0.25) is 0 Å². The second-order valence-electron chi connectivity index (χ2n) is 6.03. The zero-order valence-electron chi connectivity index (χ0n) is 12.9. The van der Waals surface area contributed by atoms with Gasteiger partial charge in [-0.25, -0.2) is 0 Å². The molecule has 20 heavy (non-hydrogen) atoms. The first kappa shape index (κ1) is 17.0. The summed E-state index contributed by atoms with van der Waals surface area (Å²) in [6.45, 7) is 4.13. The molecule has 0 aromatic carbocycles. The van der Waals surface area contributed by atoms with E-state index in [1.807, 2.05) is 4.90 Å². The molecule has 4 nitrogen and oxygen atoms in total. The molecule has 1 atom stereocenters. The Morgan fingerprint density at radius 2 is 1.80 bits per heavy atom. The Balaban J connectivity index is 2.70. The van der Waals surface area contributed by atoms with Crippen molar-refractivity contribution >= 4 is 11.9 Å². The van der Waals surface area contributed by atoms with E-state index in [0.29, 0.717) is 13.0 Å². The van der Waals surface area contributed by atoms with Crippen LogP contribution in [0.25, 0.3) is 0 Å². The van der Waals surface area contributed by atoms with Crippen molar-refractivity contribution in [2.75, 3.05) is 6.54 Å². The minimum atomic E-state index is -0.813. The van der Waals surface area contributed by atoms with Gasteiger partial charge in [-0.05, 0) is 19.3 Å². The van der Waals surface area contributed by atoms with Gasteiger partial charge in [0.2, 0.25) is 5.91 Å². The van der Waals surface area contributed by atoms with E-state index in [0.717, 1.165) is 38.5 Å². The Labute approximate surface area is 122 Å². The summed E-state index contributed by atoms with van der Waals surface area (Å²) in [7, 11) is 0. The van der Waals surface area contributed by atoms with Gasteiger partial charge in [-0.3, -0.25) is 9.59 Å². The standard InChI is InChI=1S/C16H29NO3/c1-3-4-11-15(18)17(12-13(2)16(19)20)14-9-7-5-6-8-10-14/h13-14H,3-12H2,1-2H3,(H,19,20). The van der Waals surface area contributed by atoms with Crippen LogP contribution in [0.5, 0.6) is 0 Å². The molecule has 0 aliphatic heterocycles. The molecule has 0 heterocycles. The zero-order chi connectivity index (χ0) is 15.0. The fourth-order valence-electron chi connectivity index (χ4n) is 2.87. The number of carboxylic acids is 1. The molecule has 0 spiro atoms. The fraction of sp³-hybridized carbons (Fsp3) is 0.875. The lowest BCUT2D eigenvalue weighted by atomic mass is 10.0. The molecule has 0 saturated heterocycles. The number of nitrogens with zero attached hydrogens (tertiary/aromatic N) is 1. The molecular formula is C16H29NO3. The maximum absolute atomic E-state index is 12.4. The van der Waals surface area contributed by atoms with Gasteiger partial charge < -0.3 is 10.0 Å². The molecule has 116 valence electrons. The number of amides is 1. The highest BCUT2D eigenvalue weighted by Gasteiger charge is 2.27. The molecule has 1 amide bonds. The number of carboxylic acid groups (broad SMARTS) is 1. The van der Waals surface area contributed by atoms with Crippen molar-refractivity contribution < 1.29 is 14.7 Å². The lowest BCUT2D eigenvalue weighted by Crippen LogP contribution is -2.44. The van der Waals surface area contributed by atoms with E-state index in [-0.39, 0.29) is 11.9 Å². The van der Waals surface area contributed by atoms with Gasteiger partial charge in [-0.2, -0.15) is 0 Å². The Kier molecular flexibility index (Phi) is 7.63. The summed E-state index contributed by atoms with van der Waals surface area (Å²) in [6, 6.07) is 0.253. The molecule has 1 rings (SSSR count). The normalized spacial score (nSPS) is 18.3. The molecule has 1 N–H and O–H groups in total. The van der Waals surface area contributed by atoms with Crippen LogP contribution in [-0.2, 0) is 9.59 Å². The number of unbranched alkanes of at least 4 members (excludes halogenated alkanes) is 1. The summed E-state index contributed by atoms with van der Waals surface area (Å²) in [5, 5.41) is 9.10. The SMILES string of the molecule is CCCCC(=O)N(CC(C)C(=O)O)C1CCCCCC1. The lowest BCUT2D eigenvalue weighted by Gasteiger charge is -2.32. The van der Waals surface area contributed by atoms with Crippen LogP contribution in [0.15, 0.2) is 0 Å². The lowest BCUT2D eigenvalue weighted by molar-refractivity contribution is -0.144. The van der Waals surface area contributed by atoms with Crippen molar-refractivity contribution in [1.29, 1.82) is 0 Å².